The fourth-order valence-electron chi connectivity index (χ4n) is 1.72. The average molecular weight is 173 g/mol. The third-order valence-corrected chi connectivity index (χ3v) is 2.61. The maximum Gasteiger partial charge on any atom is 0.100 e. The molecule has 0 bridgehead atoms. The first-order valence-electron chi connectivity index (χ1n) is 4.65. The molecule has 0 radical (unpaired) electrons. The fraction of sp³-hybridized carbons (Fsp3) is 1.00. The number of aliphatic hydroxyl groups is 2. The number of β-amino-alcohol motifs (C(OH)–C–C–N with tert-alkyl or cyclic N) is 1. The Labute approximate surface area is 74.0 Å². The lowest BCUT2D eigenvalue weighted by molar-refractivity contribution is -0.0732. The average Bonchev–Trinajstić information content (AvgIpc) is 2.05. The summed E-state index contributed by atoms with van der Waals surface area (Å²) in [7, 11) is 0. The number of rotatable bonds is 2. The second-order valence-electron chi connectivity index (χ2n) is 4.05. The van der Waals surface area contributed by atoms with E-state index in [0.717, 1.165) is 19.4 Å². The van der Waals surface area contributed by atoms with Crippen LogP contribution in [-0.4, -0.2) is 46.5 Å². The van der Waals surface area contributed by atoms with Gasteiger partial charge in [-0.15, -0.1) is 0 Å². The topological polar surface area (TPSA) is 43.7 Å². The minimum atomic E-state index is -0.845. The largest absolute Gasteiger partial charge is 0.393 e. The van der Waals surface area contributed by atoms with Crippen molar-refractivity contribution in [3.8, 4) is 0 Å². The molecule has 1 rings (SSSR count). The Hall–Kier alpha value is -0.120. The highest BCUT2D eigenvalue weighted by Crippen LogP contribution is 2.21. The highest BCUT2D eigenvalue weighted by atomic mass is 16.3. The van der Waals surface area contributed by atoms with Gasteiger partial charge in [0.1, 0.15) is 5.60 Å². The normalized spacial score (nSPS) is 32.8. The summed E-state index contributed by atoms with van der Waals surface area (Å²) in [6.45, 7) is 5.77. The van der Waals surface area contributed by atoms with Gasteiger partial charge in [-0.05, 0) is 33.2 Å². The second kappa shape index (κ2) is 3.73. The highest BCUT2D eigenvalue weighted by Gasteiger charge is 2.33. The summed E-state index contributed by atoms with van der Waals surface area (Å²) in [5, 5.41) is 18.8. The maximum absolute atomic E-state index is 9.81. The van der Waals surface area contributed by atoms with Crippen molar-refractivity contribution in [2.75, 3.05) is 19.7 Å². The number of hydrogen-bond donors (Lipinski definition) is 2. The summed E-state index contributed by atoms with van der Waals surface area (Å²) in [6, 6.07) is 0.461. The van der Waals surface area contributed by atoms with E-state index in [2.05, 4.69) is 18.7 Å². The second-order valence-corrected chi connectivity index (χ2v) is 4.05. The Morgan fingerprint density at radius 3 is 2.67 bits per heavy atom. The van der Waals surface area contributed by atoms with E-state index in [1.165, 1.54) is 0 Å². The van der Waals surface area contributed by atoms with Gasteiger partial charge in [-0.2, -0.15) is 0 Å². The number of likely N-dealkylation sites (tertiary alicyclic amines) is 1. The molecule has 1 heterocycles. The molecule has 0 aromatic rings. The number of aliphatic hydroxyl groups excluding tert-OH is 1. The predicted octanol–water partition coefficient (Wildman–Crippen LogP) is 0.214. The van der Waals surface area contributed by atoms with Crippen LogP contribution in [0.4, 0.5) is 0 Å². The van der Waals surface area contributed by atoms with Gasteiger partial charge in [-0.3, -0.25) is 4.90 Å². The van der Waals surface area contributed by atoms with Gasteiger partial charge in [0.25, 0.3) is 0 Å². The van der Waals surface area contributed by atoms with E-state index in [1.807, 2.05) is 0 Å². The van der Waals surface area contributed by atoms with Crippen LogP contribution in [0.2, 0.25) is 0 Å². The van der Waals surface area contributed by atoms with Gasteiger partial charge >= 0.3 is 0 Å². The monoisotopic (exact) mass is 173 g/mol. The van der Waals surface area contributed by atoms with E-state index in [9.17, 15) is 5.11 Å². The van der Waals surface area contributed by atoms with Crippen LogP contribution in [0.5, 0.6) is 0 Å². The van der Waals surface area contributed by atoms with E-state index >= 15 is 0 Å². The molecule has 3 heteroatoms. The van der Waals surface area contributed by atoms with Crippen molar-refractivity contribution in [3.63, 3.8) is 0 Å². The third-order valence-electron chi connectivity index (χ3n) is 2.61. The Morgan fingerprint density at radius 2 is 2.17 bits per heavy atom. The van der Waals surface area contributed by atoms with E-state index < -0.39 is 5.60 Å². The Kier molecular flexibility index (Phi) is 3.09. The molecule has 1 saturated heterocycles. The Balaban J connectivity index is 2.51. The van der Waals surface area contributed by atoms with Crippen LogP contribution >= 0.6 is 0 Å². The lowest BCUT2D eigenvalue weighted by Crippen LogP contribution is -2.52. The summed E-state index contributed by atoms with van der Waals surface area (Å²) in [5.41, 5.74) is -0.845. The Morgan fingerprint density at radius 1 is 1.50 bits per heavy atom. The van der Waals surface area contributed by atoms with Crippen molar-refractivity contribution in [1.82, 2.24) is 4.90 Å². The molecule has 1 atom stereocenters. The Bertz CT molecular complexity index is 149. The first-order valence-corrected chi connectivity index (χ1v) is 4.65. The standard InChI is InChI=1S/C9H19NO2/c1-8(2)10-5-3-4-9(12,6-10)7-11/h8,11-12H,3-7H2,1-2H3. The van der Waals surface area contributed by atoms with E-state index in [0.29, 0.717) is 12.6 Å². The van der Waals surface area contributed by atoms with Crippen LogP contribution in [0.15, 0.2) is 0 Å². The minimum absolute atomic E-state index is 0.115. The molecule has 12 heavy (non-hydrogen) atoms. The van der Waals surface area contributed by atoms with Crippen LogP contribution in [0.1, 0.15) is 26.7 Å². The minimum Gasteiger partial charge on any atom is -0.393 e. The SMILES string of the molecule is CC(C)N1CCCC(O)(CO)C1. The van der Waals surface area contributed by atoms with Crippen LogP contribution in [-0.2, 0) is 0 Å². The molecule has 0 amide bonds. The summed E-state index contributed by atoms with van der Waals surface area (Å²) in [5.74, 6) is 0. The summed E-state index contributed by atoms with van der Waals surface area (Å²) < 4.78 is 0. The quantitative estimate of drug-likeness (QED) is 0.627. The van der Waals surface area contributed by atoms with Crippen LogP contribution in [0.3, 0.4) is 0 Å². The number of hydrogen-bond acceptors (Lipinski definition) is 3. The van der Waals surface area contributed by atoms with Crippen molar-refractivity contribution >= 4 is 0 Å². The predicted molar refractivity (Wildman–Crippen MR) is 48.0 cm³/mol. The maximum atomic E-state index is 9.81. The lowest BCUT2D eigenvalue weighted by atomic mass is 9.93. The van der Waals surface area contributed by atoms with Crippen LogP contribution in [0.25, 0.3) is 0 Å². The van der Waals surface area contributed by atoms with Crippen LogP contribution < -0.4 is 0 Å². The first-order chi connectivity index (χ1) is 5.57. The number of piperidine rings is 1. The molecule has 1 unspecified atom stereocenters. The van der Waals surface area contributed by atoms with Crippen molar-refractivity contribution in [2.45, 2.75) is 38.3 Å². The molecule has 1 fully saturated rings. The molecule has 1 aliphatic heterocycles. The molecule has 0 aromatic carbocycles. The van der Waals surface area contributed by atoms with E-state index in [1.54, 1.807) is 0 Å². The zero-order valence-corrected chi connectivity index (χ0v) is 7.95. The van der Waals surface area contributed by atoms with Crippen molar-refractivity contribution in [3.05, 3.63) is 0 Å². The zero-order chi connectivity index (χ0) is 9.19. The first kappa shape index (κ1) is 9.96. The van der Waals surface area contributed by atoms with Gasteiger partial charge in [-0.25, -0.2) is 0 Å². The van der Waals surface area contributed by atoms with Crippen molar-refractivity contribution < 1.29 is 10.2 Å². The smallest absolute Gasteiger partial charge is 0.100 e. The molecule has 0 spiro atoms. The number of nitrogens with zero attached hydrogens (tertiary/aromatic N) is 1. The molecule has 1 aliphatic rings. The summed E-state index contributed by atoms with van der Waals surface area (Å²) in [6.07, 6.45) is 1.71. The van der Waals surface area contributed by atoms with Gasteiger partial charge in [0.05, 0.1) is 6.61 Å². The van der Waals surface area contributed by atoms with Gasteiger partial charge in [0.2, 0.25) is 0 Å². The lowest BCUT2D eigenvalue weighted by Gasteiger charge is -2.40. The fourth-order valence-corrected chi connectivity index (χ4v) is 1.72. The molecule has 0 aromatic heterocycles. The highest BCUT2D eigenvalue weighted by molar-refractivity contribution is 4.87. The molecule has 0 saturated carbocycles. The zero-order valence-electron chi connectivity index (χ0n) is 7.95. The molecule has 0 aliphatic carbocycles. The van der Waals surface area contributed by atoms with Crippen molar-refractivity contribution in [2.24, 2.45) is 0 Å². The summed E-state index contributed by atoms with van der Waals surface area (Å²) >= 11 is 0. The third kappa shape index (κ3) is 2.19. The van der Waals surface area contributed by atoms with Gasteiger partial charge in [0, 0.05) is 12.6 Å². The molecular weight excluding hydrogens is 154 g/mol. The van der Waals surface area contributed by atoms with Crippen LogP contribution in [0, 0.1) is 0 Å². The summed E-state index contributed by atoms with van der Waals surface area (Å²) in [4.78, 5) is 2.21. The van der Waals surface area contributed by atoms with Crippen molar-refractivity contribution in [1.29, 1.82) is 0 Å². The molecular formula is C9H19NO2. The molecule has 2 N–H and O–H groups in total. The van der Waals surface area contributed by atoms with Gasteiger partial charge in [-0.1, -0.05) is 0 Å². The molecule has 72 valence electrons. The van der Waals surface area contributed by atoms with E-state index in [-0.39, 0.29) is 6.61 Å². The van der Waals surface area contributed by atoms with Gasteiger partial charge in [0.15, 0.2) is 0 Å². The molecule has 3 nitrogen and oxygen atoms in total. The van der Waals surface area contributed by atoms with Gasteiger partial charge < -0.3 is 10.2 Å². The van der Waals surface area contributed by atoms with E-state index in [4.69, 9.17) is 5.11 Å².